The summed E-state index contributed by atoms with van der Waals surface area (Å²) in [6, 6.07) is 0. The number of rotatable bonds is 4. The predicted molar refractivity (Wildman–Crippen MR) is 73.6 cm³/mol. The summed E-state index contributed by atoms with van der Waals surface area (Å²) in [5.74, 6) is 1.64. The van der Waals surface area contributed by atoms with Crippen molar-refractivity contribution in [2.45, 2.75) is 24.4 Å². The van der Waals surface area contributed by atoms with E-state index < -0.39 is 0 Å². The maximum Gasteiger partial charge on any atom is 0.191 e. The van der Waals surface area contributed by atoms with Gasteiger partial charge in [-0.1, -0.05) is 11.8 Å². The third-order valence-electron chi connectivity index (χ3n) is 2.80. The van der Waals surface area contributed by atoms with Crippen molar-refractivity contribution in [3.63, 3.8) is 0 Å². The highest BCUT2D eigenvalue weighted by molar-refractivity contribution is 7.98. The van der Waals surface area contributed by atoms with Crippen molar-refractivity contribution >= 4 is 24.2 Å². The lowest BCUT2D eigenvalue weighted by molar-refractivity contribution is 0.733. The van der Waals surface area contributed by atoms with Gasteiger partial charge in [-0.15, -0.1) is 22.6 Å². The van der Waals surface area contributed by atoms with Crippen molar-refractivity contribution in [1.82, 2.24) is 24.5 Å². The van der Waals surface area contributed by atoms with Crippen molar-refractivity contribution in [3.05, 3.63) is 23.3 Å². The molecule has 0 aliphatic rings. The summed E-state index contributed by atoms with van der Waals surface area (Å²) in [5.41, 5.74) is 7.95. The highest BCUT2D eigenvalue weighted by Gasteiger charge is 2.10. The molecule has 0 aliphatic carbocycles. The van der Waals surface area contributed by atoms with Crippen LogP contribution in [0.5, 0.6) is 0 Å². The van der Waals surface area contributed by atoms with E-state index in [1.807, 2.05) is 29.5 Å². The first kappa shape index (κ1) is 15.0. The normalized spacial score (nSPS) is 10.4. The van der Waals surface area contributed by atoms with Gasteiger partial charge in [0.05, 0.1) is 12.7 Å². The molecule has 0 atom stereocenters. The van der Waals surface area contributed by atoms with E-state index in [0.717, 1.165) is 16.7 Å². The van der Waals surface area contributed by atoms with Gasteiger partial charge in [-0.05, 0) is 6.92 Å². The Kier molecular flexibility index (Phi) is 5.18. The fourth-order valence-electron chi connectivity index (χ4n) is 1.48. The van der Waals surface area contributed by atoms with Gasteiger partial charge in [-0.3, -0.25) is 4.68 Å². The Morgan fingerprint density at radius 3 is 2.56 bits per heavy atom. The molecule has 100 valence electrons. The van der Waals surface area contributed by atoms with Gasteiger partial charge in [-0.2, -0.15) is 5.10 Å². The van der Waals surface area contributed by atoms with Gasteiger partial charge in [0.25, 0.3) is 0 Å². The van der Waals surface area contributed by atoms with Crippen molar-refractivity contribution < 1.29 is 0 Å². The summed E-state index contributed by atoms with van der Waals surface area (Å²) >= 11 is 1.64. The second-order valence-corrected chi connectivity index (χ2v) is 4.77. The number of nitrogens with two attached hydrogens (primary N) is 1. The van der Waals surface area contributed by atoms with Gasteiger partial charge in [0.15, 0.2) is 5.16 Å². The highest BCUT2D eigenvalue weighted by atomic mass is 35.5. The minimum absolute atomic E-state index is 0. The number of aromatic nitrogens is 5. The third kappa shape index (κ3) is 2.85. The van der Waals surface area contributed by atoms with Crippen molar-refractivity contribution in [3.8, 4) is 0 Å². The molecule has 2 rings (SSSR count). The lowest BCUT2D eigenvalue weighted by atomic mass is 10.3. The van der Waals surface area contributed by atoms with Crippen LogP contribution in [0.25, 0.3) is 0 Å². The maximum atomic E-state index is 5.55. The van der Waals surface area contributed by atoms with Gasteiger partial charge < -0.3 is 10.3 Å². The highest BCUT2D eigenvalue weighted by Crippen LogP contribution is 2.22. The molecule has 18 heavy (non-hydrogen) atoms. The minimum atomic E-state index is 0. The Morgan fingerprint density at radius 1 is 1.33 bits per heavy atom. The molecular weight excluding hydrogens is 272 g/mol. The van der Waals surface area contributed by atoms with Gasteiger partial charge in [0.1, 0.15) is 5.82 Å². The van der Waals surface area contributed by atoms with Gasteiger partial charge in [-0.25, -0.2) is 0 Å². The van der Waals surface area contributed by atoms with E-state index in [9.17, 15) is 0 Å². The molecule has 0 amide bonds. The monoisotopic (exact) mass is 288 g/mol. The van der Waals surface area contributed by atoms with E-state index in [1.54, 1.807) is 11.8 Å². The number of nitrogens with zero attached hydrogens (tertiary/aromatic N) is 5. The molecule has 0 unspecified atom stereocenters. The average Bonchev–Trinajstić information content (AvgIpc) is 2.83. The number of thioether (sulfide) groups is 1. The van der Waals surface area contributed by atoms with Crippen LogP contribution in [0.4, 0.5) is 0 Å². The van der Waals surface area contributed by atoms with Crippen molar-refractivity contribution in [1.29, 1.82) is 0 Å². The van der Waals surface area contributed by atoms with E-state index in [2.05, 4.69) is 22.2 Å². The molecule has 0 saturated heterocycles. The summed E-state index contributed by atoms with van der Waals surface area (Å²) in [6.07, 6.45) is 1.89. The molecule has 2 N–H and O–H groups in total. The first-order valence-electron chi connectivity index (χ1n) is 5.32. The van der Waals surface area contributed by atoms with Crippen LogP contribution in [0.2, 0.25) is 0 Å². The Labute approximate surface area is 116 Å². The molecule has 0 spiro atoms. The van der Waals surface area contributed by atoms with Gasteiger partial charge >= 0.3 is 0 Å². The second-order valence-electron chi connectivity index (χ2n) is 3.83. The number of hydrogen-bond donors (Lipinski definition) is 1. The molecule has 2 aromatic heterocycles. The number of halogens is 1. The lowest BCUT2D eigenvalue weighted by Gasteiger charge is -2.02. The average molecular weight is 289 g/mol. The largest absolute Gasteiger partial charge is 0.324 e. The molecule has 0 aromatic carbocycles. The molecule has 6 nitrogen and oxygen atoms in total. The second kappa shape index (κ2) is 6.21. The van der Waals surface area contributed by atoms with Crippen molar-refractivity contribution in [2.75, 3.05) is 0 Å². The zero-order valence-corrected chi connectivity index (χ0v) is 12.3. The van der Waals surface area contributed by atoms with Gasteiger partial charge in [0, 0.05) is 31.1 Å². The summed E-state index contributed by atoms with van der Waals surface area (Å²) in [5, 5.41) is 13.2. The molecule has 0 saturated carbocycles. The van der Waals surface area contributed by atoms with Gasteiger partial charge in [0.2, 0.25) is 0 Å². The third-order valence-corrected chi connectivity index (χ3v) is 3.87. The molecule has 2 aromatic rings. The van der Waals surface area contributed by atoms with E-state index >= 15 is 0 Å². The minimum Gasteiger partial charge on any atom is -0.324 e. The SMILES string of the molecule is Cc1c(CSc2nnc(CN)n2C)cnn1C.Cl. The summed E-state index contributed by atoms with van der Waals surface area (Å²) in [7, 11) is 3.87. The van der Waals surface area contributed by atoms with Crippen LogP contribution in [-0.4, -0.2) is 24.5 Å². The quantitative estimate of drug-likeness (QED) is 0.851. The molecule has 2 heterocycles. The number of hydrogen-bond acceptors (Lipinski definition) is 5. The summed E-state index contributed by atoms with van der Waals surface area (Å²) in [6.45, 7) is 2.47. The Balaban J connectivity index is 0.00000162. The first-order chi connectivity index (χ1) is 8.13. The van der Waals surface area contributed by atoms with Crippen molar-refractivity contribution in [2.24, 2.45) is 19.8 Å². The Hall–Kier alpha value is -1.05. The van der Waals surface area contributed by atoms with Crippen LogP contribution < -0.4 is 5.73 Å². The fraction of sp³-hybridized carbons (Fsp3) is 0.500. The number of aryl methyl sites for hydroxylation is 1. The van der Waals surface area contributed by atoms with Crippen LogP contribution in [0.1, 0.15) is 17.1 Å². The first-order valence-corrected chi connectivity index (χ1v) is 6.30. The van der Waals surface area contributed by atoms with E-state index in [-0.39, 0.29) is 12.4 Å². The maximum absolute atomic E-state index is 5.55. The van der Waals surface area contributed by atoms with Crippen LogP contribution in [0, 0.1) is 6.92 Å². The summed E-state index contributed by atoms with van der Waals surface area (Å²) in [4.78, 5) is 0. The van der Waals surface area contributed by atoms with E-state index in [4.69, 9.17) is 5.73 Å². The zero-order chi connectivity index (χ0) is 12.4. The predicted octanol–water partition coefficient (Wildman–Crippen LogP) is 1.03. The lowest BCUT2D eigenvalue weighted by Crippen LogP contribution is -2.05. The Bertz CT molecular complexity index is 520. The molecule has 8 heteroatoms. The van der Waals surface area contributed by atoms with E-state index in [0.29, 0.717) is 6.54 Å². The zero-order valence-electron chi connectivity index (χ0n) is 10.6. The van der Waals surface area contributed by atoms with Crippen LogP contribution >= 0.6 is 24.2 Å². The van der Waals surface area contributed by atoms with Crippen LogP contribution in [-0.2, 0) is 26.4 Å². The topological polar surface area (TPSA) is 74.6 Å². The smallest absolute Gasteiger partial charge is 0.191 e. The molecule has 0 fully saturated rings. The van der Waals surface area contributed by atoms with Crippen LogP contribution in [0.3, 0.4) is 0 Å². The molecular formula is C10H17ClN6S. The summed E-state index contributed by atoms with van der Waals surface area (Å²) < 4.78 is 3.80. The molecule has 0 radical (unpaired) electrons. The molecule has 0 bridgehead atoms. The van der Waals surface area contributed by atoms with Crippen LogP contribution in [0.15, 0.2) is 11.4 Å². The Morgan fingerprint density at radius 2 is 2.06 bits per heavy atom. The van der Waals surface area contributed by atoms with E-state index in [1.165, 1.54) is 11.3 Å². The molecule has 0 aliphatic heterocycles. The standard InChI is InChI=1S/C10H16N6S.ClH/c1-7-8(5-12-16(7)3)6-17-10-14-13-9(4-11)15(10)2;/h5H,4,6,11H2,1-3H3;1H. The fourth-order valence-corrected chi connectivity index (χ4v) is 2.44.